The summed E-state index contributed by atoms with van der Waals surface area (Å²) in [4.78, 5) is 27.0. The summed E-state index contributed by atoms with van der Waals surface area (Å²) in [6, 6.07) is 13.9. The molecule has 0 radical (unpaired) electrons. The van der Waals surface area contributed by atoms with E-state index in [-0.39, 0.29) is 11.8 Å². The van der Waals surface area contributed by atoms with Crippen molar-refractivity contribution in [2.45, 2.75) is 18.9 Å². The quantitative estimate of drug-likeness (QED) is 0.822. The average Bonchev–Trinajstić information content (AvgIpc) is 3.07. The molecule has 2 aromatic rings. The smallest absolute Gasteiger partial charge is 0.256 e. The topological polar surface area (TPSA) is 49.4 Å². The molecule has 0 bridgehead atoms. The van der Waals surface area contributed by atoms with Crippen molar-refractivity contribution in [3.8, 4) is 0 Å². The van der Waals surface area contributed by atoms with Gasteiger partial charge in [0.25, 0.3) is 5.91 Å². The van der Waals surface area contributed by atoms with Gasteiger partial charge < -0.3 is 10.2 Å². The Hall–Kier alpha value is -1.85. The molecule has 0 aliphatic carbocycles. The predicted molar refractivity (Wildman–Crippen MR) is 98.3 cm³/mol. The molecule has 1 unspecified atom stereocenters. The third-order valence-corrected chi connectivity index (χ3v) is 4.84. The van der Waals surface area contributed by atoms with Crippen LogP contribution in [0.5, 0.6) is 0 Å². The highest BCUT2D eigenvalue weighted by Gasteiger charge is 2.35. The summed E-state index contributed by atoms with van der Waals surface area (Å²) < 4.78 is 0.778. The first-order chi connectivity index (χ1) is 11.6. The van der Waals surface area contributed by atoms with E-state index in [1.54, 1.807) is 23.1 Å². The Bertz CT molecular complexity index is 767. The molecule has 1 atom stereocenters. The molecular weight excluding hydrogens is 392 g/mol. The molecule has 4 nitrogen and oxygen atoms in total. The number of halogens is 2. The zero-order valence-electron chi connectivity index (χ0n) is 12.8. The standard InChI is InChI=1S/C18H16BrClN2O2/c19-12-8-9-15(20)14(11-12)18(24)22-10-4-7-16(22)17(23)21-13-5-2-1-3-6-13/h1-3,5-6,8-9,11,16H,4,7,10H2,(H,21,23). The third kappa shape index (κ3) is 3.62. The van der Waals surface area contributed by atoms with E-state index in [2.05, 4.69) is 21.2 Å². The van der Waals surface area contributed by atoms with Gasteiger partial charge in [-0.05, 0) is 43.2 Å². The molecule has 24 heavy (non-hydrogen) atoms. The van der Waals surface area contributed by atoms with Crippen molar-refractivity contribution in [3.63, 3.8) is 0 Å². The van der Waals surface area contributed by atoms with Gasteiger partial charge in [-0.25, -0.2) is 0 Å². The van der Waals surface area contributed by atoms with Gasteiger partial charge in [0.15, 0.2) is 0 Å². The van der Waals surface area contributed by atoms with E-state index in [9.17, 15) is 9.59 Å². The van der Waals surface area contributed by atoms with Gasteiger partial charge in [0, 0.05) is 16.7 Å². The van der Waals surface area contributed by atoms with Crippen LogP contribution in [-0.2, 0) is 4.79 Å². The van der Waals surface area contributed by atoms with E-state index in [1.807, 2.05) is 30.3 Å². The molecule has 1 aliphatic heterocycles. The number of hydrogen-bond acceptors (Lipinski definition) is 2. The number of hydrogen-bond donors (Lipinski definition) is 1. The van der Waals surface area contributed by atoms with E-state index in [1.165, 1.54) is 0 Å². The predicted octanol–water partition coefficient (Wildman–Crippen LogP) is 4.35. The highest BCUT2D eigenvalue weighted by Crippen LogP contribution is 2.27. The number of likely N-dealkylation sites (tertiary alicyclic amines) is 1. The first kappa shape index (κ1) is 17.0. The third-order valence-electron chi connectivity index (χ3n) is 4.02. The summed E-state index contributed by atoms with van der Waals surface area (Å²) in [6.07, 6.45) is 1.44. The molecule has 1 saturated heterocycles. The molecule has 2 aromatic carbocycles. The normalized spacial score (nSPS) is 16.9. The van der Waals surface area contributed by atoms with Gasteiger partial charge in [-0.15, -0.1) is 0 Å². The van der Waals surface area contributed by atoms with Crippen LogP contribution in [-0.4, -0.2) is 29.3 Å². The molecular formula is C18H16BrClN2O2. The molecule has 0 spiro atoms. The SMILES string of the molecule is O=C(Nc1ccccc1)C1CCCN1C(=O)c1cc(Br)ccc1Cl. The minimum Gasteiger partial charge on any atom is -0.327 e. The van der Waals surface area contributed by atoms with Crippen LogP contribution in [0.2, 0.25) is 5.02 Å². The van der Waals surface area contributed by atoms with Crippen molar-refractivity contribution < 1.29 is 9.59 Å². The molecule has 6 heteroatoms. The van der Waals surface area contributed by atoms with E-state index in [4.69, 9.17) is 11.6 Å². The lowest BCUT2D eigenvalue weighted by Gasteiger charge is -2.24. The van der Waals surface area contributed by atoms with Crippen molar-refractivity contribution in [1.82, 2.24) is 4.90 Å². The second-order valence-electron chi connectivity index (χ2n) is 5.64. The molecule has 0 aromatic heterocycles. The maximum atomic E-state index is 12.8. The number of carbonyl (C=O) groups is 2. The van der Waals surface area contributed by atoms with Gasteiger partial charge in [0.1, 0.15) is 6.04 Å². The Balaban J connectivity index is 1.78. The first-order valence-corrected chi connectivity index (χ1v) is 8.85. The van der Waals surface area contributed by atoms with Gasteiger partial charge in [-0.3, -0.25) is 9.59 Å². The number of amides is 2. The lowest BCUT2D eigenvalue weighted by molar-refractivity contribution is -0.119. The van der Waals surface area contributed by atoms with Crippen molar-refractivity contribution in [2.24, 2.45) is 0 Å². The Morgan fingerprint density at radius 2 is 1.92 bits per heavy atom. The van der Waals surface area contributed by atoms with Crippen molar-refractivity contribution >= 4 is 45.0 Å². The maximum Gasteiger partial charge on any atom is 0.256 e. The second kappa shape index (κ2) is 7.36. The van der Waals surface area contributed by atoms with Gasteiger partial charge in [-0.1, -0.05) is 45.7 Å². The number of carbonyl (C=O) groups excluding carboxylic acids is 2. The Morgan fingerprint density at radius 3 is 2.67 bits per heavy atom. The summed E-state index contributed by atoms with van der Waals surface area (Å²) >= 11 is 9.51. The fraction of sp³-hybridized carbons (Fsp3) is 0.222. The first-order valence-electron chi connectivity index (χ1n) is 7.68. The maximum absolute atomic E-state index is 12.8. The van der Waals surface area contributed by atoms with E-state index in [0.717, 1.165) is 16.6 Å². The monoisotopic (exact) mass is 406 g/mol. The van der Waals surface area contributed by atoms with Crippen LogP contribution in [0.25, 0.3) is 0 Å². The molecule has 0 saturated carbocycles. The van der Waals surface area contributed by atoms with Crippen LogP contribution < -0.4 is 5.32 Å². The fourth-order valence-electron chi connectivity index (χ4n) is 2.85. The van der Waals surface area contributed by atoms with E-state index >= 15 is 0 Å². The number of anilines is 1. The van der Waals surface area contributed by atoms with Gasteiger partial charge in [-0.2, -0.15) is 0 Å². The Morgan fingerprint density at radius 1 is 1.17 bits per heavy atom. The fourth-order valence-corrected chi connectivity index (χ4v) is 3.40. The number of rotatable bonds is 3. The highest BCUT2D eigenvalue weighted by atomic mass is 79.9. The summed E-state index contributed by atoms with van der Waals surface area (Å²) in [5.74, 6) is -0.384. The number of nitrogens with zero attached hydrogens (tertiary/aromatic N) is 1. The molecule has 124 valence electrons. The van der Waals surface area contributed by atoms with Gasteiger partial charge >= 0.3 is 0 Å². The number of para-hydroxylation sites is 1. The van der Waals surface area contributed by atoms with Crippen LogP contribution in [0.1, 0.15) is 23.2 Å². The summed E-state index contributed by atoms with van der Waals surface area (Å²) in [5, 5.41) is 3.26. The highest BCUT2D eigenvalue weighted by molar-refractivity contribution is 9.10. The van der Waals surface area contributed by atoms with Crippen LogP contribution >= 0.6 is 27.5 Å². The zero-order chi connectivity index (χ0) is 17.1. The van der Waals surface area contributed by atoms with Crippen molar-refractivity contribution in [3.05, 3.63) is 63.6 Å². The van der Waals surface area contributed by atoms with Gasteiger partial charge in [0.05, 0.1) is 10.6 Å². The Kier molecular flexibility index (Phi) is 5.21. The number of benzene rings is 2. The zero-order valence-corrected chi connectivity index (χ0v) is 15.2. The molecule has 1 aliphatic rings. The lowest BCUT2D eigenvalue weighted by atomic mass is 10.1. The van der Waals surface area contributed by atoms with Crippen LogP contribution in [0.15, 0.2) is 53.0 Å². The van der Waals surface area contributed by atoms with Gasteiger partial charge in [0.2, 0.25) is 5.91 Å². The molecule has 1 N–H and O–H groups in total. The summed E-state index contributed by atoms with van der Waals surface area (Å²) in [5.41, 5.74) is 1.13. The van der Waals surface area contributed by atoms with Crippen molar-refractivity contribution in [1.29, 1.82) is 0 Å². The minimum atomic E-state index is -0.479. The summed E-state index contributed by atoms with van der Waals surface area (Å²) in [7, 11) is 0. The second-order valence-corrected chi connectivity index (χ2v) is 6.96. The average molecular weight is 408 g/mol. The lowest BCUT2D eigenvalue weighted by Crippen LogP contribution is -2.43. The largest absolute Gasteiger partial charge is 0.327 e. The summed E-state index contributed by atoms with van der Waals surface area (Å²) in [6.45, 7) is 0.550. The van der Waals surface area contributed by atoms with Crippen LogP contribution in [0.4, 0.5) is 5.69 Å². The van der Waals surface area contributed by atoms with Crippen LogP contribution in [0, 0.1) is 0 Å². The molecule has 1 fully saturated rings. The minimum absolute atomic E-state index is 0.168. The molecule has 3 rings (SSSR count). The van der Waals surface area contributed by atoms with E-state index < -0.39 is 6.04 Å². The molecule has 2 amide bonds. The van der Waals surface area contributed by atoms with E-state index in [0.29, 0.717) is 23.6 Å². The van der Waals surface area contributed by atoms with Crippen molar-refractivity contribution in [2.75, 3.05) is 11.9 Å². The Labute approximate surface area is 153 Å². The number of nitrogens with one attached hydrogen (secondary N) is 1. The van der Waals surface area contributed by atoms with Crippen LogP contribution in [0.3, 0.4) is 0 Å². The molecule has 1 heterocycles.